The molecule has 1 heterocycles. The number of hydrogen-bond acceptors (Lipinski definition) is 5. The number of anilines is 2. The van der Waals surface area contributed by atoms with Crippen molar-refractivity contribution in [2.45, 2.75) is 13.0 Å². The van der Waals surface area contributed by atoms with Gasteiger partial charge in [-0.1, -0.05) is 0 Å². The first-order valence-electron chi connectivity index (χ1n) is 4.73. The van der Waals surface area contributed by atoms with Gasteiger partial charge in [0.1, 0.15) is 0 Å². The molecular formula is C10H17N3OS. The zero-order chi connectivity index (χ0) is 11.3. The molecule has 84 valence electrons. The Bertz CT molecular complexity index is 320. The SMILES string of the molecule is COc1ccc(N)c(NC(C)CSC)n1. The van der Waals surface area contributed by atoms with E-state index in [0.29, 0.717) is 23.4 Å². The van der Waals surface area contributed by atoms with Crippen molar-refractivity contribution in [3.05, 3.63) is 12.1 Å². The molecule has 1 atom stereocenters. The second kappa shape index (κ2) is 5.70. The Balaban J connectivity index is 2.74. The number of hydrogen-bond donors (Lipinski definition) is 2. The second-order valence-electron chi connectivity index (χ2n) is 3.29. The maximum Gasteiger partial charge on any atom is 0.215 e. The van der Waals surface area contributed by atoms with Gasteiger partial charge in [0.2, 0.25) is 5.88 Å². The van der Waals surface area contributed by atoms with Crippen molar-refractivity contribution >= 4 is 23.3 Å². The topological polar surface area (TPSA) is 60.2 Å². The lowest BCUT2D eigenvalue weighted by molar-refractivity contribution is 0.398. The molecule has 0 aliphatic carbocycles. The number of pyridine rings is 1. The highest BCUT2D eigenvalue weighted by atomic mass is 32.2. The van der Waals surface area contributed by atoms with Gasteiger partial charge in [0.25, 0.3) is 0 Å². The third-order valence-electron chi connectivity index (χ3n) is 1.91. The van der Waals surface area contributed by atoms with E-state index >= 15 is 0 Å². The zero-order valence-corrected chi connectivity index (χ0v) is 10.1. The van der Waals surface area contributed by atoms with Crippen LogP contribution in [-0.4, -0.2) is 30.1 Å². The van der Waals surface area contributed by atoms with Gasteiger partial charge < -0.3 is 15.8 Å². The van der Waals surface area contributed by atoms with Crippen molar-refractivity contribution in [2.75, 3.05) is 30.2 Å². The van der Waals surface area contributed by atoms with Gasteiger partial charge in [-0.05, 0) is 19.2 Å². The molecule has 0 aliphatic rings. The number of aromatic nitrogens is 1. The summed E-state index contributed by atoms with van der Waals surface area (Å²) in [4.78, 5) is 4.25. The van der Waals surface area contributed by atoms with Crippen LogP contribution in [0.15, 0.2) is 12.1 Å². The Morgan fingerprint density at radius 1 is 1.60 bits per heavy atom. The Morgan fingerprint density at radius 2 is 2.33 bits per heavy atom. The van der Waals surface area contributed by atoms with Crippen molar-refractivity contribution in [1.82, 2.24) is 4.98 Å². The van der Waals surface area contributed by atoms with Crippen LogP contribution >= 0.6 is 11.8 Å². The minimum atomic E-state index is 0.335. The van der Waals surface area contributed by atoms with E-state index in [9.17, 15) is 0 Å². The summed E-state index contributed by atoms with van der Waals surface area (Å²) in [6.45, 7) is 2.09. The molecule has 0 aromatic carbocycles. The molecule has 0 bridgehead atoms. The van der Waals surface area contributed by atoms with Crippen LogP contribution in [0.1, 0.15) is 6.92 Å². The van der Waals surface area contributed by atoms with Crippen LogP contribution in [0.2, 0.25) is 0 Å². The van der Waals surface area contributed by atoms with Crippen LogP contribution in [0.3, 0.4) is 0 Å². The molecule has 0 saturated heterocycles. The lowest BCUT2D eigenvalue weighted by atomic mass is 10.3. The Morgan fingerprint density at radius 3 is 2.93 bits per heavy atom. The number of nitrogens with two attached hydrogens (primary N) is 1. The van der Waals surface area contributed by atoms with Crippen LogP contribution in [0.5, 0.6) is 5.88 Å². The van der Waals surface area contributed by atoms with E-state index in [2.05, 4.69) is 23.5 Å². The van der Waals surface area contributed by atoms with Gasteiger partial charge in [0.15, 0.2) is 5.82 Å². The van der Waals surface area contributed by atoms with Gasteiger partial charge >= 0.3 is 0 Å². The Kier molecular flexibility index (Phi) is 4.55. The highest BCUT2D eigenvalue weighted by Crippen LogP contribution is 2.20. The lowest BCUT2D eigenvalue weighted by Gasteiger charge is -2.15. The molecular weight excluding hydrogens is 210 g/mol. The first-order chi connectivity index (χ1) is 7.17. The third-order valence-corrected chi connectivity index (χ3v) is 2.74. The molecule has 0 saturated carbocycles. The highest BCUT2D eigenvalue weighted by molar-refractivity contribution is 7.98. The number of nitrogens with one attached hydrogen (secondary N) is 1. The summed E-state index contributed by atoms with van der Waals surface area (Å²) in [5.74, 6) is 2.28. The van der Waals surface area contributed by atoms with E-state index in [1.807, 2.05) is 0 Å². The molecule has 5 heteroatoms. The first kappa shape index (κ1) is 12.0. The molecule has 0 amide bonds. The molecule has 3 N–H and O–H groups in total. The molecule has 0 radical (unpaired) electrons. The van der Waals surface area contributed by atoms with Gasteiger partial charge in [-0.25, -0.2) is 0 Å². The molecule has 1 aromatic heterocycles. The second-order valence-corrected chi connectivity index (χ2v) is 4.20. The minimum Gasteiger partial charge on any atom is -0.481 e. The maximum absolute atomic E-state index is 5.80. The van der Waals surface area contributed by atoms with E-state index in [-0.39, 0.29) is 0 Å². The van der Waals surface area contributed by atoms with E-state index in [0.717, 1.165) is 5.75 Å². The number of thioether (sulfide) groups is 1. The molecule has 0 spiro atoms. The van der Waals surface area contributed by atoms with Crippen molar-refractivity contribution in [2.24, 2.45) is 0 Å². The standard InChI is InChI=1S/C10H17N3OS/c1-7(6-15-3)12-10-8(11)4-5-9(13-10)14-2/h4-5,7H,6,11H2,1-3H3,(H,12,13). The van der Waals surface area contributed by atoms with Crippen LogP contribution in [-0.2, 0) is 0 Å². The van der Waals surface area contributed by atoms with Gasteiger partial charge in [-0.2, -0.15) is 16.7 Å². The van der Waals surface area contributed by atoms with E-state index in [4.69, 9.17) is 10.5 Å². The van der Waals surface area contributed by atoms with Gasteiger partial charge in [-0.3, -0.25) is 0 Å². The van der Waals surface area contributed by atoms with Crippen LogP contribution in [0.25, 0.3) is 0 Å². The molecule has 0 aliphatic heterocycles. The predicted octanol–water partition coefficient (Wildman–Crippen LogP) is 1.84. The molecule has 0 fully saturated rings. The molecule has 1 unspecified atom stereocenters. The molecule has 4 nitrogen and oxygen atoms in total. The van der Waals surface area contributed by atoms with Crippen molar-refractivity contribution in [1.29, 1.82) is 0 Å². The summed E-state index contributed by atoms with van der Waals surface area (Å²) in [7, 11) is 1.59. The predicted molar refractivity (Wildman–Crippen MR) is 66.7 cm³/mol. The van der Waals surface area contributed by atoms with Crippen LogP contribution in [0, 0.1) is 0 Å². The Labute approximate surface area is 94.6 Å². The average molecular weight is 227 g/mol. The summed E-state index contributed by atoms with van der Waals surface area (Å²) < 4.78 is 5.04. The van der Waals surface area contributed by atoms with Crippen LogP contribution in [0.4, 0.5) is 11.5 Å². The average Bonchev–Trinajstić information content (AvgIpc) is 2.21. The third kappa shape index (κ3) is 3.51. The molecule has 1 aromatic rings. The fraction of sp³-hybridized carbons (Fsp3) is 0.500. The number of methoxy groups -OCH3 is 1. The number of nitrogens with zero attached hydrogens (tertiary/aromatic N) is 1. The number of ether oxygens (including phenoxy) is 1. The van der Waals surface area contributed by atoms with E-state index in [1.54, 1.807) is 31.0 Å². The fourth-order valence-corrected chi connectivity index (χ4v) is 1.79. The molecule has 1 rings (SSSR count). The minimum absolute atomic E-state index is 0.335. The van der Waals surface area contributed by atoms with Crippen molar-refractivity contribution in [3.8, 4) is 5.88 Å². The van der Waals surface area contributed by atoms with Gasteiger partial charge in [-0.15, -0.1) is 0 Å². The quantitative estimate of drug-likeness (QED) is 0.803. The molecule has 15 heavy (non-hydrogen) atoms. The fourth-order valence-electron chi connectivity index (χ4n) is 1.21. The summed E-state index contributed by atoms with van der Waals surface area (Å²) in [5.41, 5.74) is 6.44. The van der Waals surface area contributed by atoms with E-state index < -0.39 is 0 Å². The smallest absolute Gasteiger partial charge is 0.215 e. The zero-order valence-electron chi connectivity index (χ0n) is 9.28. The first-order valence-corrected chi connectivity index (χ1v) is 6.12. The number of rotatable bonds is 5. The van der Waals surface area contributed by atoms with Gasteiger partial charge in [0.05, 0.1) is 12.8 Å². The Hall–Kier alpha value is -1.10. The summed E-state index contributed by atoms with van der Waals surface area (Å²) in [5, 5.41) is 3.25. The summed E-state index contributed by atoms with van der Waals surface area (Å²) in [6.07, 6.45) is 2.07. The van der Waals surface area contributed by atoms with E-state index in [1.165, 1.54) is 0 Å². The normalized spacial score (nSPS) is 12.2. The lowest BCUT2D eigenvalue weighted by Crippen LogP contribution is -2.19. The van der Waals surface area contributed by atoms with Crippen LogP contribution < -0.4 is 15.8 Å². The summed E-state index contributed by atoms with van der Waals surface area (Å²) >= 11 is 1.78. The van der Waals surface area contributed by atoms with Gasteiger partial charge in [0, 0.05) is 17.9 Å². The largest absolute Gasteiger partial charge is 0.481 e. The maximum atomic E-state index is 5.80. The monoisotopic (exact) mass is 227 g/mol. The van der Waals surface area contributed by atoms with Crippen molar-refractivity contribution in [3.63, 3.8) is 0 Å². The van der Waals surface area contributed by atoms with Crippen molar-refractivity contribution < 1.29 is 4.74 Å². The summed E-state index contributed by atoms with van der Waals surface area (Å²) in [6, 6.07) is 3.88. The highest BCUT2D eigenvalue weighted by Gasteiger charge is 2.06. The number of nitrogen functional groups attached to an aromatic ring is 1.